The zero-order valence-corrected chi connectivity index (χ0v) is 11.7. The van der Waals surface area contributed by atoms with E-state index in [4.69, 9.17) is 0 Å². The van der Waals surface area contributed by atoms with Crippen molar-refractivity contribution in [2.75, 3.05) is 5.32 Å². The van der Waals surface area contributed by atoms with E-state index >= 15 is 0 Å². The quantitative estimate of drug-likeness (QED) is 0.923. The molecule has 1 heterocycles. The van der Waals surface area contributed by atoms with Gasteiger partial charge in [-0.05, 0) is 25.0 Å². The molecule has 2 rings (SSSR count). The van der Waals surface area contributed by atoms with E-state index in [9.17, 15) is 8.78 Å². The van der Waals surface area contributed by atoms with Gasteiger partial charge in [0.15, 0.2) is 0 Å². The lowest BCUT2D eigenvalue weighted by Gasteiger charge is -2.10. The van der Waals surface area contributed by atoms with E-state index in [1.165, 1.54) is 12.1 Å². The second kappa shape index (κ2) is 5.94. The first-order valence-electron chi connectivity index (χ1n) is 6.49. The first-order valence-corrected chi connectivity index (χ1v) is 6.49. The number of benzene rings is 1. The van der Waals surface area contributed by atoms with Gasteiger partial charge in [-0.25, -0.2) is 18.7 Å². The van der Waals surface area contributed by atoms with Crippen molar-refractivity contribution < 1.29 is 8.78 Å². The fourth-order valence-electron chi connectivity index (χ4n) is 1.81. The predicted octanol–water partition coefficient (Wildman–Crippen LogP) is 3.80. The summed E-state index contributed by atoms with van der Waals surface area (Å²) in [7, 11) is 0. The van der Waals surface area contributed by atoms with Crippen molar-refractivity contribution in [3.8, 4) is 0 Å². The van der Waals surface area contributed by atoms with Crippen LogP contribution in [0.4, 0.5) is 14.7 Å². The van der Waals surface area contributed by atoms with Crippen LogP contribution in [0.5, 0.6) is 0 Å². The van der Waals surface area contributed by atoms with Crippen molar-refractivity contribution in [2.45, 2.75) is 33.2 Å². The summed E-state index contributed by atoms with van der Waals surface area (Å²) < 4.78 is 26.3. The van der Waals surface area contributed by atoms with Crippen LogP contribution in [0.1, 0.15) is 36.7 Å². The van der Waals surface area contributed by atoms with Gasteiger partial charge in [0, 0.05) is 29.6 Å². The van der Waals surface area contributed by atoms with Crippen LogP contribution in [0, 0.1) is 18.6 Å². The van der Waals surface area contributed by atoms with Crippen LogP contribution in [0.25, 0.3) is 0 Å². The van der Waals surface area contributed by atoms with E-state index in [1.807, 2.05) is 26.8 Å². The van der Waals surface area contributed by atoms with Crippen LogP contribution in [-0.2, 0) is 6.54 Å². The summed E-state index contributed by atoms with van der Waals surface area (Å²) in [6, 6.07) is 5.44. The number of aryl methyl sites for hydroxylation is 1. The second-order valence-electron chi connectivity index (χ2n) is 5.00. The van der Waals surface area contributed by atoms with Gasteiger partial charge in [0.2, 0.25) is 5.95 Å². The Balaban J connectivity index is 2.14. The number of aromatic nitrogens is 2. The largest absolute Gasteiger partial charge is 0.350 e. The van der Waals surface area contributed by atoms with Crippen LogP contribution < -0.4 is 5.32 Å². The number of nitrogens with one attached hydrogen (secondary N) is 1. The predicted molar refractivity (Wildman–Crippen MR) is 74.5 cm³/mol. The first-order chi connectivity index (χ1) is 9.45. The standard InChI is InChI=1S/C15H17F2N3/c1-9(2)14-6-10(3)19-15(20-14)18-8-11-4-5-12(16)7-13(11)17/h4-7,9H,8H2,1-3H3,(H,18,19,20). The van der Waals surface area contributed by atoms with E-state index in [0.29, 0.717) is 17.4 Å². The van der Waals surface area contributed by atoms with Gasteiger partial charge in [-0.2, -0.15) is 0 Å². The fourth-order valence-corrected chi connectivity index (χ4v) is 1.81. The number of hydrogen-bond acceptors (Lipinski definition) is 3. The molecule has 0 aliphatic heterocycles. The van der Waals surface area contributed by atoms with Crippen molar-refractivity contribution >= 4 is 5.95 Å². The lowest BCUT2D eigenvalue weighted by Crippen LogP contribution is -2.08. The van der Waals surface area contributed by atoms with Gasteiger partial charge < -0.3 is 5.32 Å². The summed E-state index contributed by atoms with van der Waals surface area (Å²) in [5.41, 5.74) is 2.16. The molecule has 1 aromatic heterocycles. The van der Waals surface area contributed by atoms with Crippen molar-refractivity contribution in [2.24, 2.45) is 0 Å². The maximum absolute atomic E-state index is 13.5. The number of nitrogens with zero attached hydrogens (tertiary/aromatic N) is 2. The van der Waals surface area contributed by atoms with Gasteiger partial charge in [0.05, 0.1) is 0 Å². The minimum atomic E-state index is -0.583. The molecule has 5 heteroatoms. The highest BCUT2D eigenvalue weighted by atomic mass is 19.1. The number of rotatable bonds is 4. The summed E-state index contributed by atoms with van der Waals surface area (Å²) >= 11 is 0. The Hall–Kier alpha value is -2.04. The van der Waals surface area contributed by atoms with Crippen LogP contribution in [0.3, 0.4) is 0 Å². The van der Waals surface area contributed by atoms with Gasteiger partial charge in [0.25, 0.3) is 0 Å². The maximum Gasteiger partial charge on any atom is 0.223 e. The molecule has 0 unspecified atom stereocenters. The second-order valence-corrected chi connectivity index (χ2v) is 5.00. The Morgan fingerprint density at radius 1 is 1.15 bits per heavy atom. The van der Waals surface area contributed by atoms with Crippen LogP contribution >= 0.6 is 0 Å². The summed E-state index contributed by atoms with van der Waals surface area (Å²) in [6.07, 6.45) is 0. The highest BCUT2D eigenvalue weighted by Gasteiger charge is 2.07. The van der Waals surface area contributed by atoms with Crippen molar-refractivity contribution in [1.82, 2.24) is 9.97 Å². The number of anilines is 1. The Bertz CT molecular complexity index is 612. The van der Waals surface area contributed by atoms with Gasteiger partial charge in [0.1, 0.15) is 11.6 Å². The molecule has 1 aromatic carbocycles. The van der Waals surface area contributed by atoms with Crippen molar-refractivity contribution in [3.63, 3.8) is 0 Å². The lowest BCUT2D eigenvalue weighted by atomic mass is 10.1. The van der Waals surface area contributed by atoms with E-state index in [-0.39, 0.29) is 6.54 Å². The van der Waals surface area contributed by atoms with E-state index in [0.717, 1.165) is 17.5 Å². The third kappa shape index (κ3) is 3.50. The Morgan fingerprint density at radius 3 is 2.55 bits per heavy atom. The van der Waals surface area contributed by atoms with E-state index < -0.39 is 11.6 Å². The lowest BCUT2D eigenvalue weighted by molar-refractivity contribution is 0.574. The summed E-state index contributed by atoms with van der Waals surface area (Å²) in [5.74, 6) is -0.411. The fraction of sp³-hybridized carbons (Fsp3) is 0.333. The molecular formula is C15H17F2N3. The van der Waals surface area contributed by atoms with E-state index in [1.54, 1.807) is 0 Å². The topological polar surface area (TPSA) is 37.8 Å². The monoisotopic (exact) mass is 277 g/mol. The van der Waals surface area contributed by atoms with Gasteiger partial charge in [-0.15, -0.1) is 0 Å². The zero-order chi connectivity index (χ0) is 14.7. The molecule has 0 aliphatic carbocycles. The molecular weight excluding hydrogens is 260 g/mol. The van der Waals surface area contributed by atoms with Crippen molar-refractivity contribution in [3.05, 3.63) is 52.9 Å². The summed E-state index contributed by atoms with van der Waals surface area (Å²) in [6.45, 7) is 6.20. The molecule has 0 saturated heterocycles. The highest BCUT2D eigenvalue weighted by Crippen LogP contribution is 2.16. The number of hydrogen-bond donors (Lipinski definition) is 1. The molecule has 106 valence electrons. The average Bonchev–Trinajstić information content (AvgIpc) is 2.37. The highest BCUT2D eigenvalue weighted by molar-refractivity contribution is 5.31. The molecule has 20 heavy (non-hydrogen) atoms. The first kappa shape index (κ1) is 14.4. The third-order valence-electron chi connectivity index (χ3n) is 2.92. The van der Waals surface area contributed by atoms with E-state index in [2.05, 4.69) is 15.3 Å². The molecule has 3 nitrogen and oxygen atoms in total. The van der Waals surface area contributed by atoms with Crippen molar-refractivity contribution in [1.29, 1.82) is 0 Å². The molecule has 0 bridgehead atoms. The zero-order valence-electron chi connectivity index (χ0n) is 11.7. The molecule has 1 N–H and O–H groups in total. The number of halogens is 2. The van der Waals surface area contributed by atoms with Gasteiger partial charge in [-0.3, -0.25) is 0 Å². The Morgan fingerprint density at radius 2 is 1.90 bits per heavy atom. The van der Waals surface area contributed by atoms with Gasteiger partial charge in [-0.1, -0.05) is 19.9 Å². The molecule has 2 aromatic rings. The SMILES string of the molecule is Cc1cc(C(C)C)nc(NCc2ccc(F)cc2F)n1. The molecule has 0 fully saturated rings. The Labute approximate surface area is 117 Å². The normalized spacial score (nSPS) is 10.9. The minimum absolute atomic E-state index is 0.215. The third-order valence-corrected chi connectivity index (χ3v) is 2.92. The molecule has 0 radical (unpaired) electrons. The van der Waals surface area contributed by atoms with Crippen LogP contribution in [0.2, 0.25) is 0 Å². The smallest absolute Gasteiger partial charge is 0.223 e. The van der Waals surface area contributed by atoms with Crippen LogP contribution in [-0.4, -0.2) is 9.97 Å². The summed E-state index contributed by atoms with van der Waals surface area (Å²) in [4.78, 5) is 8.64. The molecule has 0 aliphatic rings. The molecule has 0 atom stereocenters. The maximum atomic E-state index is 13.5. The Kier molecular flexibility index (Phi) is 4.27. The minimum Gasteiger partial charge on any atom is -0.350 e. The molecule has 0 spiro atoms. The molecule has 0 saturated carbocycles. The summed E-state index contributed by atoms with van der Waals surface area (Å²) in [5, 5.41) is 2.97. The molecule has 0 amide bonds. The average molecular weight is 277 g/mol. The van der Waals surface area contributed by atoms with Gasteiger partial charge >= 0.3 is 0 Å². The van der Waals surface area contributed by atoms with Crippen LogP contribution in [0.15, 0.2) is 24.3 Å².